The largest absolute Gasteiger partial charge is 0.573 e. The van der Waals surface area contributed by atoms with Crippen LogP contribution >= 0.6 is 11.3 Å². The molecule has 1 aromatic heterocycles. The molecule has 5 rings (SSSR count). The number of hydrogen-bond acceptors (Lipinski definition) is 5. The number of nitrogens with zero attached hydrogens (tertiary/aromatic N) is 1. The van der Waals surface area contributed by atoms with Crippen LogP contribution in [-0.2, 0) is 10.2 Å². The van der Waals surface area contributed by atoms with Gasteiger partial charge in [-0.15, -0.1) is 24.5 Å². The first kappa shape index (κ1) is 24.2. The van der Waals surface area contributed by atoms with Gasteiger partial charge >= 0.3 is 12.3 Å². The number of carboxylic acids is 1. The summed E-state index contributed by atoms with van der Waals surface area (Å²) in [5.41, 5.74) is -0.609. The van der Waals surface area contributed by atoms with E-state index in [-0.39, 0.29) is 16.8 Å². The lowest BCUT2D eigenvalue weighted by Gasteiger charge is -2.22. The number of carbonyl (C=O) groups excluding carboxylic acids is 1. The Hall–Kier alpha value is -3.47. The predicted molar refractivity (Wildman–Crippen MR) is 124 cm³/mol. The number of thiazole rings is 1. The van der Waals surface area contributed by atoms with Gasteiger partial charge in [-0.2, -0.15) is 0 Å². The van der Waals surface area contributed by atoms with E-state index in [0.717, 1.165) is 36.4 Å². The molecule has 0 saturated heterocycles. The smallest absolute Gasteiger partial charge is 0.478 e. The maximum absolute atomic E-state index is 14.6. The molecule has 36 heavy (non-hydrogen) atoms. The Morgan fingerprint density at radius 2 is 1.89 bits per heavy atom. The van der Waals surface area contributed by atoms with Crippen LogP contribution in [0.2, 0.25) is 0 Å². The fourth-order valence-electron chi connectivity index (χ4n) is 4.35. The van der Waals surface area contributed by atoms with Gasteiger partial charge in [-0.3, -0.25) is 4.79 Å². The number of nitrogens with one attached hydrogen (secondary N) is 1. The molecule has 1 amide bonds. The second-order valence-corrected chi connectivity index (χ2v) is 10.0. The molecule has 0 aliphatic heterocycles. The molecular formula is C25H20F4N2O4S. The van der Waals surface area contributed by atoms with Crippen LogP contribution in [0.25, 0.3) is 10.4 Å². The van der Waals surface area contributed by atoms with E-state index in [0.29, 0.717) is 35.3 Å². The van der Waals surface area contributed by atoms with Crippen molar-refractivity contribution in [3.05, 3.63) is 64.5 Å². The number of aromatic nitrogens is 1. The number of carbonyl (C=O) groups is 2. The third-order valence-electron chi connectivity index (χ3n) is 6.63. The van der Waals surface area contributed by atoms with Crippen LogP contribution in [0.15, 0.2) is 42.6 Å². The van der Waals surface area contributed by atoms with E-state index >= 15 is 0 Å². The zero-order valence-electron chi connectivity index (χ0n) is 18.7. The van der Waals surface area contributed by atoms with E-state index in [2.05, 4.69) is 15.0 Å². The molecule has 2 aliphatic carbocycles. The molecule has 0 spiro atoms. The summed E-state index contributed by atoms with van der Waals surface area (Å²) in [5, 5.41) is 13.4. The number of hydrogen-bond donors (Lipinski definition) is 2. The van der Waals surface area contributed by atoms with Crippen LogP contribution in [0, 0.1) is 5.82 Å². The minimum Gasteiger partial charge on any atom is -0.478 e. The molecule has 0 bridgehead atoms. The lowest BCUT2D eigenvalue weighted by Crippen LogP contribution is -2.29. The molecular weight excluding hydrogens is 500 g/mol. The minimum atomic E-state index is -4.96. The summed E-state index contributed by atoms with van der Waals surface area (Å²) in [5.74, 6) is -3.03. The summed E-state index contributed by atoms with van der Waals surface area (Å²) in [4.78, 5) is 30.2. The van der Waals surface area contributed by atoms with E-state index in [1.54, 1.807) is 18.3 Å². The molecule has 0 radical (unpaired) electrons. The Labute approximate surface area is 206 Å². The Morgan fingerprint density at radius 3 is 2.47 bits per heavy atom. The first-order valence-electron chi connectivity index (χ1n) is 11.3. The summed E-state index contributed by atoms with van der Waals surface area (Å²) >= 11 is 1.45. The normalized spacial score (nSPS) is 16.8. The summed E-state index contributed by atoms with van der Waals surface area (Å²) in [6.07, 6.45) is 0.592. The van der Waals surface area contributed by atoms with Crippen molar-refractivity contribution in [2.24, 2.45) is 0 Å². The third-order valence-corrected chi connectivity index (χ3v) is 7.82. The molecule has 2 aromatic carbocycles. The summed E-state index contributed by atoms with van der Waals surface area (Å²) in [6, 6.07) is 7.17. The van der Waals surface area contributed by atoms with Crippen molar-refractivity contribution >= 4 is 28.9 Å². The lowest BCUT2D eigenvalue weighted by atomic mass is 9.86. The van der Waals surface area contributed by atoms with E-state index < -0.39 is 35.2 Å². The van der Waals surface area contributed by atoms with Crippen LogP contribution in [0.4, 0.5) is 23.2 Å². The van der Waals surface area contributed by atoms with Gasteiger partial charge in [-0.05, 0) is 43.9 Å². The van der Waals surface area contributed by atoms with Crippen molar-refractivity contribution < 1.29 is 37.0 Å². The molecule has 2 aliphatic rings. The average Bonchev–Trinajstić information content (AvgIpc) is 3.43. The monoisotopic (exact) mass is 520 g/mol. The fraction of sp³-hybridized carbons (Fsp3) is 0.320. The molecule has 188 valence electrons. The van der Waals surface area contributed by atoms with Crippen LogP contribution < -0.4 is 10.1 Å². The molecule has 11 heteroatoms. The molecule has 2 saturated carbocycles. The number of anilines is 1. The molecule has 0 atom stereocenters. The van der Waals surface area contributed by atoms with Crippen molar-refractivity contribution in [2.45, 2.75) is 49.8 Å². The molecule has 1 heterocycles. The summed E-state index contributed by atoms with van der Waals surface area (Å²) in [6.45, 7) is 0. The Morgan fingerprint density at radius 1 is 1.14 bits per heavy atom. The Bertz CT molecular complexity index is 1350. The highest BCUT2D eigenvalue weighted by molar-refractivity contribution is 7.15. The van der Waals surface area contributed by atoms with Gasteiger partial charge in [0.05, 0.1) is 20.9 Å². The summed E-state index contributed by atoms with van der Waals surface area (Å²) in [7, 11) is 0. The standard InChI is InChI=1S/C25H20F4N2O4S/c26-19-11-15(35-25(27,28)29)5-7-18(19)24(8-9-24)23(34)31-14-4-6-16(17(10-14)22(32)33)20-12-30-21(36-20)13-2-1-3-13/h4-7,10-13H,1-3,8-9H2,(H,31,34)(H,32,33). The number of amides is 1. The number of carboxylic acid groups (broad SMARTS) is 1. The van der Waals surface area contributed by atoms with E-state index in [4.69, 9.17) is 0 Å². The van der Waals surface area contributed by atoms with E-state index in [1.807, 2.05) is 0 Å². The zero-order chi connectivity index (χ0) is 25.7. The number of rotatable bonds is 7. The van der Waals surface area contributed by atoms with E-state index in [9.17, 15) is 32.3 Å². The number of halogens is 4. The molecule has 3 aromatic rings. The zero-order valence-corrected chi connectivity index (χ0v) is 19.5. The maximum atomic E-state index is 14.6. The average molecular weight is 521 g/mol. The second-order valence-electron chi connectivity index (χ2n) is 8.98. The van der Waals surface area contributed by atoms with Gasteiger partial charge in [-0.25, -0.2) is 14.2 Å². The summed E-state index contributed by atoms with van der Waals surface area (Å²) < 4.78 is 55.6. The number of ether oxygens (including phenoxy) is 1. The quantitative estimate of drug-likeness (QED) is 0.348. The number of alkyl halides is 3. The highest BCUT2D eigenvalue weighted by Gasteiger charge is 2.53. The SMILES string of the molecule is O=C(O)c1cc(NC(=O)C2(c3ccc(OC(F)(F)F)cc3F)CC2)ccc1-c1cnc(C2CCC2)s1. The third kappa shape index (κ3) is 4.67. The molecule has 6 nitrogen and oxygen atoms in total. The van der Waals surface area contributed by atoms with Gasteiger partial charge in [-0.1, -0.05) is 18.6 Å². The molecule has 2 N–H and O–H groups in total. The number of aromatic carboxylic acids is 1. The van der Waals surface area contributed by atoms with Crippen LogP contribution in [0.1, 0.15) is 59.0 Å². The minimum absolute atomic E-state index is 0.0127. The Balaban J connectivity index is 1.37. The van der Waals surface area contributed by atoms with Crippen LogP contribution in [-0.4, -0.2) is 28.3 Å². The maximum Gasteiger partial charge on any atom is 0.573 e. The van der Waals surface area contributed by atoms with Gasteiger partial charge in [0, 0.05) is 35.0 Å². The van der Waals surface area contributed by atoms with Crippen molar-refractivity contribution in [3.63, 3.8) is 0 Å². The second kappa shape index (κ2) is 8.88. The van der Waals surface area contributed by atoms with Gasteiger partial charge < -0.3 is 15.2 Å². The molecule has 2 fully saturated rings. The Kier molecular flexibility index (Phi) is 5.98. The first-order chi connectivity index (χ1) is 17.1. The highest BCUT2D eigenvalue weighted by atomic mass is 32.1. The van der Waals surface area contributed by atoms with Gasteiger partial charge in [0.25, 0.3) is 0 Å². The lowest BCUT2D eigenvalue weighted by molar-refractivity contribution is -0.274. The van der Waals surface area contributed by atoms with Crippen molar-refractivity contribution in [2.75, 3.05) is 5.32 Å². The van der Waals surface area contributed by atoms with E-state index in [1.165, 1.54) is 17.4 Å². The molecule has 0 unspecified atom stereocenters. The van der Waals surface area contributed by atoms with Crippen LogP contribution in [0.5, 0.6) is 5.75 Å². The van der Waals surface area contributed by atoms with Crippen molar-refractivity contribution in [1.82, 2.24) is 4.98 Å². The van der Waals surface area contributed by atoms with Gasteiger partial charge in [0.15, 0.2) is 0 Å². The van der Waals surface area contributed by atoms with Crippen LogP contribution in [0.3, 0.4) is 0 Å². The van der Waals surface area contributed by atoms with Gasteiger partial charge in [0.2, 0.25) is 5.91 Å². The topological polar surface area (TPSA) is 88.5 Å². The first-order valence-corrected chi connectivity index (χ1v) is 12.1. The highest BCUT2D eigenvalue weighted by Crippen LogP contribution is 2.50. The predicted octanol–water partition coefficient (Wildman–Crippen LogP) is 6.48. The fourth-order valence-corrected chi connectivity index (χ4v) is 5.47. The van der Waals surface area contributed by atoms with Gasteiger partial charge in [0.1, 0.15) is 11.6 Å². The van der Waals surface area contributed by atoms with Crippen molar-refractivity contribution in [1.29, 1.82) is 0 Å². The van der Waals surface area contributed by atoms with Crippen molar-refractivity contribution in [3.8, 4) is 16.2 Å². The number of benzene rings is 2.